The largest absolute Gasteiger partial charge is 0.356 e. The molecular formula is C26H27F2N5O3S. The lowest BCUT2D eigenvalue weighted by atomic mass is 9.95. The second-order valence-electron chi connectivity index (χ2n) is 9.83. The number of rotatable bonds is 6. The van der Waals surface area contributed by atoms with Gasteiger partial charge in [-0.25, -0.2) is 27.2 Å². The van der Waals surface area contributed by atoms with E-state index >= 15 is 0 Å². The summed E-state index contributed by atoms with van der Waals surface area (Å²) in [4.78, 5) is 15.5. The van der Waals surface area contributed by atoms with Gasteiger partial charge in [0.15, 0.2) is 15.7 Å². The number of piperidine rings is 1. The van der Waals surface area contributed by atoms with Gasteiger partial charge < -0.3 is 9.42 Å². The first kappa shape index (κ1) is 25.2. The topological polar surface area (TPSA) is 102 Å². The molecule has 0 bridgehead atoms. The van der Waals surface area contributed by atoms with E-state index in [0.717, 1.165) is 19.1 Å². The highest BCUT2D eigenvalue weighted by atomic mass is 32.2. The molecule has 2 aromatic carbocycles. The van der Waals surface area contributed by atoms with E-state index in [1.807, 2.05) is 13.8 Å². The maximum Gasteiger partial charge on any atom is 0.229 e. The van der Waals surface area contributed by atoms with E-state index in [2.05, 4.69) is 25.0 Å². The number of benzene rings is 2. The SMILES string of the molecule is CC(C)c1nc(C2CCN(c3ncnc4c(-c5ccc(CS(C)(=O)=O)c(F)c5)cc(F)cc34)CC2)no1. The normalized spacial score (nSPS) is 15.1. The Balaban J connectivity index is 1.44. The molecule has 0 saturated carbocycles. The highest BCUT2D eigenvalue weighted by Crippen LogP contribution is 2.36. The summed E-state index contributed by atoms with van der Waals surface area (Å²) in [6.45, 7) is 5.35. The van der Waals surface area contributed by atoms with Crippen LogP contribution in [0, 0.1) is 11.6 Å². The molecular weight excluding hydrogens is 500 g/mol. The highest BCUT2D eigenvalue weighted by molar-refractivity contribution is 7.89. The number of halogens is 2. The fraction of sp³-hybridized carbons (Fsp3) is 0.385. The Morgan fingerprint density at radius 1 is 1.11 bits per heavy atom. The smallest absolute Gasteiger partial charge is 0.229 e. The van der Waals surface area contributed by atoms with E-state index in [1.165, 1.54) is 30.6 Å². The zero-order valence-corrected chi connectivity index (χ0v) is 21.6. The van der Waals surface area contributed by atoms with E-state index in [0.29, 0.717) is 52.7 Å². The molecule has 5 rings (SSSR count). The van der Waals surface area contributed by atoms with Crippen molar-refractivity contribution in [2.24, 2.45) is 0 Å². The molecule has 0 spiro atoms. The Hall–Kier alpha value is -3.47. The third-order valence-corrected chi connectivity index (χ3v) is 7.41. The summed E-state index contributed by atoms with van der Waals surface area (Å²) < 4.78 is 58.1. The number of sulfone groups is 1. The van der Waals surface area contributed by atoms with Crippen molar-refractivity contribution in [1.82, 2.24) is 20.1 Å². The van der Waals surface area contributed by atoms with E-state index in [9.17, 15) is 17.2 Å². The fourth-order valence-corrected chi connectivity index (χ4v) is 5.50. The van der Waals surface area contributed by atoms with Gasteiger partial charge in [-0.2, -0.15) is 4.98 Å². The van der Waals surface area contributed by atoms with Gasteiger partial charge in [-0.3, -0.25) is 0 Å². The standard InChI is InChI=1S/C26H27F2N5O3S/c1-15(2)26-31-24(32-36-26)16-6-8-33(9-7-16)25-21-12-19(27)11-20(23(21)29-14-30-25)17-4-5-18(22(28)10-17)13-37(3,34)35/h4-5,10-12,14-16H,6-9,13H2,1-3H3. The monoisotopic (exact) mass is 527 g/mol. The molecule has 1 aliphatic rings. The summed E-state index contributed by atoms with van der Waals surface area (Å²) >= 11 is 0. The Bertz CT molecular complexity index is 1560. The molecule has 1 fully saturated rings. The Labute approximate surface area is 213 Å². The molecule has 1 aliphatic heterocycles. The van der Waals surface area contributed by atoms with Gasteiger partial charge >= 0.3 is 0 Å². The molecule has 0 radical (unpaired) electrons. The molecule has 2 aromatic heterocycles. The lowest BCUT2D eigenvalue weighted by Crippen LogP contribution is -2.34. The van der Waals surface area contributed by atoms with Gasteiger partial charge in [0.05, 0.1) is 11.3 Å². The van der Waals surface area contributed by atoms with Crippen molar-refractivity contribution in [1.29, 1.82) is 0 Å². The number of hydrogen-bond donors (Lipinski definition) is 0. The van der Waals surface area contributed by atoms with Crippen molar-refractivity contribution in [3.05, 3.63) is 65.6 Å². The van der Waals surface area contributed by atoms with Crippen LogP contribution in [0.15, 0.2) is 41.2 Å². The third-order valence-electron chi connectivity index (χ3n) is 6.58. The molecule has 4 aromatic rings. The molecule has 0 aliphatic carbocycles. The second kappa shape index (κ2) is 9.77. The minimum absolute atomic E-state index is 0.0623. The minimum atomic E-state index is -3.40. The maximum absolute atomic E-state index is 14.8. The first-order valence-electron chi connectivity index (χ1n) is 12.1. The molecule has 37 heavy (non-hydrogen) atoms. The molecule has 11 heteroatoms. The van der Waals surface area contributed by atoms with Crippen molar-refractivity contribution in [3.63, 3.8) is 0 Å². The van der Waals surface area contributed by atoms with Crippen LogP contribution in [0.4, 0.5) is 14.6 Å². The predicted octanol–water partition coefficient (Wildman–Crippen LogP) is 5.01. The van der Waals surface area contributed by atoms with Crippen LogP contribution in [-0.4, -0.2) is 47.9 Å². The molecule has 1 saturated heterocycles. The lowest BCUT2D eigenvalue weighted by Gasteiger charge is -2.32. The van der Waals surface area contributed by atoms with Crippen LogP contribution in [-0.2, 0) is 15.6 Å². The number of aromatic nitrogens is 4. The van der Waals surface area contributed by atoms with Crippen LogP contribution in [0.5, 0.6) is 0 Å². The van der Waals surface area contributed by atoms with Gasteiger partial charge in [0, 0.05) is 47.7 Å². The third kappa shape index (κ3) is 5.31. The molecule has 0 N–H and O–H groups in total. The average molecular weight is 528 g/mol. The molecule has 0 atom stereocenters. The van der Waals surface area contributed by atoms with Crippen LogP contribution in [0.25, 0.3) is 22.0 Å². The average Bonchev–Trinajstić information content (AvgIpc) is 3.35. The summed E-state index contributed by atoms with van der Waals surface area (Å²) in [6, 6.07) is 6.92. The summed E-state index contributed by atoms with van der Waals surface area (Å²) in [6.07, 6.45) is 4.05. The first-order valence-corrected chi connectivity index (χ1v) is 14.1. The summed E-state index contributed by atoms with van der Waals surface area (Å²) in [5.74, 6) is 0.709. The van der Waals surface area contributed by atoms with Crippen LogP contribution >= 0.6 is 0 Å². The van der Waals surface area contributed by atoms with Gasteiger partial charge in [-0.1, -0.05) is 31.1 Å². The van der Waals surface area contributed by atoms with Gasteiger partial charge in [0.2, 0.25) is 5.89 Å². The van der Waals surface area contributed by atoms with Crippen molar-refractivity contribution in [2.45, 2.75) is 44.3 Å². The minimum Gasteiger partial charge on any atom is -0.356 e. The first-order chi connectivity index (χ1) is 17.6. The summed E-state index contributed by atoms with van der Waals surface area (Å²) in [5.41, 5.74) is 1.36. The van der Waals surface area contributed by atoms with Crippen LogP contribution in [0.2, 0.25) is 0 Å². The van der Waals surface area contributed by atoms with Crippen molar-refractivity contribution < 1.29 is 21.7 Å². The molecule has 8 nitrogen and oxygen atoms in total. The summed E-state index contributed by atoms with van der Waals surface area (Å²) in [7, 11) is -3.40. The maximum atomic E-state index is 14.8. The van der Waals surface area contributed by atoms with Gasteiger partial charge in [-0.15, -0.1) is 0 Å². The fourth-order valence-electron chi connectivity index (χ4n) is 4.70. The molecule has 194 valence electrons. The van der Waals surface area contributed by atoms with Gasteiger partial charge in [0.25, 0.3) is 0 Å². The van der Waals surface area contributed by atoms with Crippen LogP contribution < -0.4 is 4.90 Å². The van der Waals surface area contributed by atoms with Crippen molar-refractivity contribution in [2.75, 3.05) is 24.2 Å². The van der Waals surface area contributed by atoms with Gasteiger partial charge in [0.1, 0.15) is 23.8 Å². The van der Waals surface area contributed by atoms with Gasteiger partial charge in [-0.05, 0) is 36.6 Å². The van der Waals surface area contributed by atoms with E-state index in [1.54, 1.807) is 6.07 Å². The Morgan fingerprint density at radius 3 is 2.51 bits per heavy atom. The predicted molar refractivity (Wildman–Crippen MR) is 136 cm³/mol. The highest BCUT2D eigenvalue weighted by Gasteiger charge is 2.27. The van der Waals surface area contributed by atoms with E-state index in [-0.39, 0.29) is 17.4 Å². The number of anilines is 1. The lowest BCUT2D eigenvalue weighted by molar-refractivity contribution is 0.353. The van der Waals surface area contributed by atoms with E-state index in [4.69, 9.17) is 4.52 Å². The van der Waals surface area contributed by atoms with Crippen LogP contribution in [0.3, 0.4) is 0 Å². The van der Waals surface area contributed by atoms with Crippen LogP contribution in [0.1, 0.15) is 55.8 Å². The van der Waals surface area contributed by atoms with Crippen molar-refractivity contribution in [3.8, 4) is 11.1 Å². The zero-order valence-electron chi connectivity index (χ0n) is 20.8. The van der Waals surface area contributed by atoms with E-state index < -0.39 is 27.2 Å². The number of fused-ring (bicyclic) bond motifs is 1. The number of nitrogens with zero attached hydrogens (tertiary/aromatic N) is 5. The molecule has 0 amide bonds. The molecule has 3 heterocycles. The Morgan fingerprint density at radius 2 is 1.86 bits per heavy atom. The molecule has 0 unspecified atom stereocenters. The van der Waals surface area contributed by atoms with Crippen molar-refractivity contribution >= 4 is 26.6 Å². The summed E-state index contributed by atoms with van der Waals surface area (Å²) in [5, 5.41) is 4.68. The number of hydrogen-bond acceptors (Lipinski definition) is 8. The quantitative estimate of drug-likeness (QED) is 0.345. The Kier molecular flexibility index (Phi) is 6.65. The second-order valence-corrected chi connectivity index (χ2v) is 12.0. The zero-order chi connectivity index (χ0) is 26.3.